The molecule has 0 aliphatic heterocycles. The van der Waals surface area contributed by atoms with E-state index in [1.54, 1.807) is 48.5 Å². The minimum Gasteiger partial charge on any atom is -1.00 e. The first-order chi connectivity index (χ1) is 30.8. The van der Waals surface area contributed by atoms with Gasteiger partial charge in [-0.3, -0.25) is 9.11 Å². The van der Waals surface area contributed by atoms with Crippen molar-refractivity contribution in [2.75, 3.05) is 83.7 Å². The van der Waals surface area contributed by atoms with Crippen molar-refractivity contribution >= 4 is 90.8 Å². The van der Waals surface area contributed by atoms with Gasteiger partial charge in [0.15, 0.2) is 0 Å². The number of rotatable bonds is 22. The smallest absolute Gasteiger partial charge is 1.00 e. The van der Waals surface area contributed by atoms with E-state index in [1.165, 1.54) is 46.2 Å². The number of anilines is 10. The molecule has 6 rings (SSSR count). The normalized spacial score (nSPS) is 11.5. The molecule has 0 amide bonds. The van der Waals surface area contributed by atoms with Crippen molar-refractivity contribution in [3.8, 4) is 0 Å². The third-order valence-electron chi connectivity index (χ3n) is 8.89. The zero-order chi connectivity index (χ0) is 45.7. The first kappa shape index (κ1) is 50.1. The molecule has 0 saturated carbocycles. The van der Waals surface area contributed by atoms with Crippen LogP contribution in [-0.4, -0.2) is 129 Å². The number of nitrogens with zero attached hydrogens (tertiary/aromatic N) is 8. The second-order valence-electron chi connectivity index (χ2n) is 13.5. The van der Waals surface area contributed by atoms with Gasteiger partial charge in [-0.25, -0.2) is 0 Å². The van der Waals surface area contributed by atoms with E-state index in [4.69, 9.17) is 0 Å². The third-order valence-corrected chi connectivity index (χ3v) is 10.7. The molecule has 0 unspecified atom stereocenters. The van der Waals surface area contributed by atoms with Gasteiger partial charge in [0.1, 0.15) is 9.79 Å². The van der Waals surface area contributed by atoms with Gasteiger partial charge in [-0.1, -0.05) is 60.7 Å². The molecule has 65 heavy (non-hydrogen) atoms. The van der Waals surface area contributed by atoms with E-state index in [2.05, 4.69) is 51.2 Å². The minimum absolute atomic E-state index is 0. The fourth-order valence-corrected chi connectivity index (χ4v) is 7.45. The van der Waals surface area contributed by atoms with Crippen molar-refractivity contribution in [1.29, 1.82) is 0 Å². The first-order valence-electron chi connectivity index (χ1n) is 19.3. The van der Waals surface area contributed by atoms with E-state index in [9.17, 15) is 46.4 Å². The van der Waals surface area contributed by atoms with Crippen LogP contribution in [0.5, 0.6) is 0 Å². The van der Waals surface area contributed by atoms with Crippen LogP contribution in [0.4, 0.5) is 58.4 Å². The summed E-state index contributed by atoms with van der Waals surface area (Å²) in [5, 5.41) is 50.4. The van der Waals surface area contributed by atoms with Crippen LogP contribution in [-0.2, 0) is 20.2 Å². The van der Waals surface area contributed by atoms with Crippen molar-refractivity contribution < 1.29 is 77.4 Å². The molecule has 0 atom stereocenters. The summed E-state index contributed by atoms with van der Waals surface area (Å²) in [5.74, 6) is 0.187. The number of hydrogen-bond acceptors (Lipinski definition) is 20. The monoisotopic (exact) mass is 940 g/mol. The second-order valence-corrected chi connectivity index (χ2v) is 16.2. The molecule has 0 radical (unpaired) electrons. The zero-order valence-electron chi connectivity index (χ0n) is 35.8. The molecular formula is C40H45N12NaO10S2. The third kappa shape index (κ3) is 14.3. The van der Waals surface area contributed by atoms with Gasteiger partial charge in [-0.15, -0.1) is 0 Å². The molecule has 0 aliphatic rings. The van der Waals surface area contributed by atoms with E-state index in [0.717, 1.165) is 12.1 Å². The van der Waals surface area contributed by atoms with Gasteiger partial charge < -0.3 is 52.9 Å². The standard InChI is InChI=1S/C40H44N12O10S2.Na.H/c53-21-17-51(18-22-54)39-47-35(41-29-7-3-1-4-8-29)45-37(49-39)43-31-15-13-27(33(25-31)63(57,58)59)11-12-28-14-16-32(26-34(28)64(60,61)62)44-38-46-36(42-30-9-5-2-6-10-30)48-40(50-38)52(19-23-55)20-24-56;;/h1-16,25-26,53-56H,17-24H2,(H,57,58,59)(H,60,61,62)(H2,41,43,45,47,49)(H2,42,44,46,48,50);;/q;+1;-1. The van der Waals surface area contributed by atoms with Crippen LogP contribution < -0.4 is 60.6 Å². The molecule has 2 heterocycles. The first-order valence-corrected chi connectivity index (χ1v) is 22.2. The molecule has 0 bridgehead atoms. The SMILES string of the molecule is O=S(=O)(O)c1cc(Nc2nc(Nc3ccccc3)nc(N(CCO)CCO)n2)ccc1C=Cc1ccc(Nc2nc(Nc3ccccc3)nc(N(CCO)CCO)n2)cc1S(=O)(=O)O.[H-].[Na+]. The summed E-state index contributed by atoms with van der Waals surface area (Å²) in [4.78, 5) is 28.3. The molecule has 0 spiro atoms. The van der Waals surface area contributed by atoms with Crippen molar-refractivity contribution in [3.63, 3.8) is 0 Å². The Balaban J connectivity index is 0.00000476. The Hall–Kier alpha value is -5.90. The number of hydrogen-bond donors (Lipinski definition) is 10. The Morgan fingerprint density at radius 1 is 0.462 bits per heavy atom. The fraction of sp³-hybridized carbons (Fsp3) is 0.200. The Kier molecular flexibility index (Phi) is 18.0. The van der Waals surface area contributed by atoms with E-state index < -0.39 is 30.0 Å². The van der Waals surface area contributed by atoms with Crippen molar-refractivity contribution in [1.82, 2.24) is 29.9 Å². The maximum atomic E-state index is 12.7. The molecule has 0 aliphatic carbocycles. The van der Waals surface area contributed by atoms with Gasteiger partial charge in [0.05, 0.1) is 26.4 Å². The van der Waals surface area contributed by atoms with Gasteiger partial charge in [-0.2, -0.15) is 46.7 Å². The predicted molar refractivity (Wildman–Crippen MR) is 241 cm³/mol. The molecule has 25 heteroatoms. The van der Waals surface area contributed by atoms with Crippen LogP contribution >= 0.6 is 0 Å². The molecule has 338 valence electrons. The number of benzene rings is 4. The molecule has 2 aromatic heterocycles. The van der Waals surface area contributed by atoms with E-state index in [1.807, 2.05) is 12.1 Å². The molecule has 4 aromatic carbocycles. The average Bonchev–Trinajstić information content (AvgIpc) is 3.26. The predicted octanol–water partition coefficient (Wildman–Crippen LogP) is 0.393. The van der Waals surface area contributed by atoms with Crippen molar-refractivity contribution in [3.05, 3.63) is 108 Å². The maximum Gasteiger partial charge on any atom is 1.00 e. The fourth-order valence-electron chi connectivity index (χ4n) is 6.03. The Morgan fingerprint density at radius 2 is 0.769 bits per heavy atom. The van der Waals surface area contributed by atoms with Gasteiger partial charge in [0.25, 0.3) is 20.2 Å². The topological polar surface area (TPSA) is 322 Å². The average molecular weight is 941 g/mol. The zero-order valence-corrected chi connectivity index (χ0v) is 38.4. The van der Waals surface area contributed by atoms with Crippen LogP contribution in [0.3, 0.4) is 0 Å². The Bertz CT molecular complexity index is 2590. The van der Waals surface area contributed by atoms with Gasteiger partial charge in [0.2, 0.25) is 35.7 Å². The van der Waals surface area contributed by atoms with Crippen molar-refractivity contribution in [2.45, 2.75) is 9.79 Å². The summed E-state index contributed by atoms with van der Waals surface area (Å²) in [7, 11) is -9.82. The largest absolute Gasteiger partial charge is 1.00 e. The van der Waals surface area contributed by atoms with Crippen LogP contribution in [0.25, 0.3) is 12.2 Å². The summed E-state index contributed by atoms with van der Waals surface area (Å²) in [6.45, 7) is -0.796. The number of aromatic nitrogens is 6. The van der Waals surface area contributed by atoms with Crippen LogP contribution in [0.2, 0.25) is 0 Å². The number of aliphatic hydroxyl groups excluding tert-OH is 4. The minimum atomic E-state index is -4.91. The summed E-state index contributed by atoms with van der Waals surface area (Å²) in [6, 6.07) is 25.7. The quantitative estimate of drug-likeness (QED) is 0.0250. The summed E-state index contributed by atoms with van der Waals surface area (Å²) < 4.78 is 71.5. The molecule has 22 nitrogen and oxygen atoms in total. The summed E-state index contributed by atoms with van der Waals surface area (Å²) in [5.41, 5.74) is 1.36. The Labute approximate surface area is 397 Å². The molecule has 0 saturated heterocycles. The van der Waals surface area contributed by atoms with Gasteiger partial charge >= 0.3 is 29.6 Å². The van der Waals surface area contributed by atoms with Gasteiger partial charge in [-0.05, 0) is 59.7 Å². The van der Waals surface area contributed by atoms with E-state index in [0.29, 0.717) is 11.4 Å². The van der Waals surface area contributed by atoms with Gasteiger partial charge in [0, 0.05) is 48.9 Å². The Morgan fingerprint density at radius 3 is 1.06 bits per heavy atom. The summed E-state index contributed by atoms with van der Waals surface area (Å²) in [6.07, 6.45) is 2.45. The number of aliphatic hydroxyl groups is 4. The molecule has 0 fully saturated rings. The van der Waals surface area contributed by atoms with Crippen LogP contribution in [0.1, 0.15) is 12.6 Å². The number of para-hydroxylation sites is 2. The molecular weight excluding hydrogens is 896 g/mol. The van der Waals surface area contributed by atoms with Crippen molar-refractivity contribution in [2.24, 2.45) is 0 Å². The number of nitrogens with one attached hydrogen (secondary N) is 4. The van der Waals surface area contributed by atoms with Crippen LogP contribution in [0, 0.1) is 0 Å². The second kappa shape index (κ2) is 23.3. The summed E-state index contributed by atoms with van der Waals surface area (Å²) >= 11 is 0. The van der Waals surface area contributed by atoms with E-state index >= 15 is 0 Å². The van der Waals surface area contributed by atoms with E-state index in [-0.39, 0.29) is 142 Å². The molecule has 6 aromatic rings. The molecule has 10 N–H and O–H groups in total. The maximum absolute atomic E-state index is 12.7. The van der Waals surface area contributed by atoms with Crippen LogP contribution in [0.15, 0.2) is 107 Å².